The Kier molecular flexibility index (Phi) is 9.37. The molecule has 0 spiro atoms. The summed E-state index contributed by atoms with van der Waals surface area (Å²) in [6.45, 7) is 5.73. The monoisotopic (exact) mass is 475 g/mol. The molecule has 0 aliphatic heterocycles. The predicted octanol–water partition coefficient (Wildman–Crippen LogP) is 6.81. The molecule has 3 aromatic carbocycles. The highest BCUT2D eigenvalue weighted by Crippen LogP contribution is 2.29. The summed E-state index contributed by atoms with van der Waals surface area (Å²) in [5.74, 6) is 0.740. The van der Waals surface area contributed by atoms with E-state index >= 15 is 0 Å². The number of hydrogen-bond donors (Lipinski definition) is 1. The van der Waals surface area contributed by atoms with E-state index in [2.05, 4.69) is 54.0 Å². The van der Waals surface area contributed by atoms with Gasteiger partial charge < -0.3 is 4.74 Å². The van der Waals surface area contributed by atoms with Crippen molar-refractivity contribution in [3.63, 3.8) is 0 Å². The number of ether oxygens (including phenoxy) is 1. The summed E-state index contributed by atoms with van der Waals surface area (Å²) < 4.78 is 5.21. The summed E-state index contributed by atoms with van der Waals surface area (Å²) in [4.78, 5) is 19.1. The zero-order valence-corrected chi connectivity index (χ0v) is 21.1. The fourth-order valence-corrected chi connectivity index (χ4v) is 4.44. The van der Waals surface area contributed by atoms with Gasteiger partial charge in [0.05, 0.1) is 12.7 Å². The van der Waals surface area contributed by atoms with Gasteiger partial charge in [-0.25, -0.2) is 5.48 Å². The van der Waals surface area contributed by atoms with E-state index in [4.69, 9.17) is 9.57 Å². The molecule has 0 bridgehead atoms. The molecule has 0 aliphatic carbocycles. The third-order valence-corrected chi connectivity index (χ3v) is 6.17. The molecule has 178 valence electrons. The first-order valence-electron chi connectivity index (χ1n) is 11.4. The Morgan fingerprint density at radius 1 is 0.912 bits per heavy atom. The van der Waals surface area contributed by atoms with E-state index in [-0.39, 0.29) is 11.2 Å². The summed E-state index contributed by atoms with van der Waals surface area (Å²) >= 11 is 1.72. The molecule has 0 heterocycles. The zero-order valence-electron chi connectivity index (χ0n) is 20.3. The van der Waals surface area contributed by atoms with E-state index in [0.29, 0.717) is 6.42 Å². The maximum absolute atomic E-state index is 12.5. The van der Waals surface area contributed by atoms with Crippen LogP contribution in [-0.2, 0) is 16.1 Å². The summed E-state index contributed by atoms with van der Waals surface area (Å²) in [7, 11) is 1.67. The molecule has 0 saturated heterocycles. The molecule has 1 N–H and O–H groups in total. The maximum atomic E-state index is 12.5. The minimum atomic E-state index is -0.424. The largest absolute Gasteiger partial charge is 0.497 e. The number of thioether (sulfide) groups is 1. The van der Waals surface area contributed by atoms with Crippen molar-refractivity contribution >= 4 is 29.8 Å². The van der Waals surface area contributed by atoms with Crippen LogP contribution in [0, 0.1) is 0 Å². The third-order valence-electron chi connectivity index (χ3n) is 4.96. The second-order valence-corrected chi connectivity index (χ2v) is 10.4. The molecular weight excluding hydrogens is 442 g/mol. The Balaban J connectivity index is 1.64. The van der Waals surface area contributed by atoms with Gasteiger partial charge in [0, 0.05) is 16.6 Å². The van der Waals surface area contributed by atoms with Gasteiger partial charge in [-0.2, -0.15) is 0 Å². The van der Waals surface area contributed by atoms with E-state index in [9.17, 15) is 4.79 Å². The molecular formula is C29H33NO3S. The van der Waals surface area contributed by atoms with Crippen LogP contribution in [0.1, 0.15) is 43.9 Å². The Labute approximate surface area is 207 Å². The zero-order chi connectivity index (χ0) is 24.4. The Morgan fingerprint density at radius 3 is 2.06 bits per heavy atom. The van der Waals surface area contributed by atoms with Crippen molar-refractivity contribution in [2.75, 3.05) is 7.11 Å². The quantitative estimate of drug-likeness (QED) is 0.199. The molecule has 34 heavy (non-hydrogen) atoms. The van der Waals surface area contributed by atoms with Crippen molar-refractivity contribution < 1.29 is 14.4 Å². The molecule has 0 saturated carbocycles. The number of carbonyl (C=O) groups is 1. The average Bonchev–Trinajstić information content (AvgIpc) is 2.83. The molecule has 0 aliphatic rings. The van der Waals surface area contributed by atoms with Crippen molar-refractivity contribution in [3.8, 4) is 5.75 Å². The van der Waals surface area contributed by atoms with Gasteiger partial charge in [-0.05, 0) is 68.1 Å². The van der Waals surface area contributed by atoms with Gasteiger partial charge in [0.1, 0.15) is 5.75 Å². The number of methoxy groups -OCH3 is 1. The highest BCUT2D eigenvalue weighted by molar-refractivity contribution is 8.00. The van der Waals surface area contributed by atoms with Gasteiger partial charge in [0.25, 0.3) is 0 Å². The highest BCUT2D eigenvalue weighted by atomic mass is 32.2. The fourth-order valence-electron chi connectivity index (χ4n) is 3.25. The third kappa shape index (κ3) is 9.08. The minimum Gasteiger partial charge on any atom is -0.497 e. The van der Waals surface area contributed by atoms with E-state index in [0.717, 1.165) is 28.2 Å². The molecule has 1 amide bonds. The van der Waals surface area contributed by atoms with E-state index in [1.54, 1.807) is 18.9 Å². The lowest BCUT2D eigenvalue weighted by Crippen LogP contribution is -2.35. The number of benzene rings is 3. The highest BCUT2D eigenvalue weighted by Gasteiger charge is 2.19. The van der Waals surface area contributed by atoms with Crippen molar-refractivity contribution in [3.05, 3.63) is 95.6 Å². The Hall–Kier alpha value is -3.02. The fraction of sp³-hybridized carbons (Fsp3) is 0.276. The second-order valence-electron chi connectivity index (χ2n) is 9.05. The van der Waals surface area contributed by atoms with Crippen molar-refractivity contribution in [1.82, 2.24) is 5.48 Å². The van der Waals surface area contributed by atoms with Gasteiger partial charge in [0.2, 0.25) is 5.91 Å². The molecule has 0 fully saturated rings. The molecule has 1 atom stereocenters. The van der Waals surface area contributed by atoms with Gasteiger partial charge in [-0.1, -0.05) is 66.7 Å². The summed E-state index contributed by atoms with van der Waals surface area (Å²) in [5, 5.41) is 0.0895. The van der Waals surface area contributed by atoms with Crippen LogP contribution in [0.2, 0.25) is 0 Å². The molecule has 0 aromatic heterocycles. The van der Waals surface area contributed by atoms with Crippen LogP contribution in [0.3, 0.4) is 0 Å². The first-order chi connectivity index (χ1) is 16.3. The van der Waals surface area contributed by atoms with Crippen LogP contribution < -0.4 is 10.2 Å². The summed E-state index contributed by atoms with van der Waals surface area (Å²) in [6, 6.07) is 26.7. The SMILES string of the molecule is COc1ccc(C=Cc2ccc(SC(CC(=O)NOC(C)(C)C)Cc3ccccc3)cc2)cc1. The molecule has 1 unspecified atom stereocenters. The van der Waals surface area contributed by atoms with Gasteiger partial charge >= 0.3 is 0 Å². The summed E-state index contributed by atoms with van der Waals surface area (Å²) in [6.07, 6.45) is 5.34. The lowest BCUT2D eigenvalue weighted by Gasteiger charge is -2.21. The topological polar surface area (TPSA) is 47.6 Å². The van der Waals surface area contributed by atoms with Gasteiger partial charge in [-0.3, -0.25) is 9.63 Å². The number of hydroxylamine groups is 1. The van der Waals surface area contributed by atoms with Crippen LogP contribution in [0.5, 0.6) is 5.75 Å². The first kappa shape index (κ1) is 25.6. The van der Waals surface area contributed by atoms with Crippen LogP contribution >= 0.6 is 11.8 Å². The molecule has 3 rings (SSSR count). The van der Waals surface area contributed by atoms with E-state index < -0.39 is 5.60 Å². The molecule has 0 radical (unpaired) electrons. The smallest absolute Gasteiger partial charge is 0.244 e. The van der Waals surface area contributed by atoms with Crippen LogP contribution in [0.15, 0.2) is 83.8 Å². The lowest BCUT2D eigenvalue weighted by molar-refractivity contribution is -0.145. The van der Waals surface area contributed by atoms with Crippen molar-refractivity contribution in [2.24, 2.45) is 0 Å². The minimum absolute atomic E-state index is 0.0895. The number of carbonyl (C=O) groups excluding carboxylic acids is 1. The average molecular weight is 476 g/mol. The van der Waals surface area contributed by atoms with Crippen molar-refractivity contribution in [1.29, 1.82) is 0 Å². The van der Waals surface area contributed by atoms with E-state index in [1.165, 1.54) is 5.56 Å². The predicted molar refractivity (Wildman–Crippen MR) is 142 cm³/mol. The normalized spacial score (nSPS) is 12.5. The van der Waals surface area contributed by atoms with Gasteiger partial charge in [0.15, 0.2) is 0 Å². The van der Waals surface area contributed by atoms with Crippen molar-refractivity contribution in [2.45, 2.75) is 49.4 Å². The van der Waals surface area contributed by atoms with Crippen LogP contribution in [-0.4, -0.2) is 23.9 Å². The number of amides is 1. The Morgan fingerprint density at radius 2 is 1.50 bits per heavy atom. The van der Waals surface area contributed by atoms with Crippen LogP contribution in [0.25, 0.3) is 12.2 Å². The molecule has 5 heteroatoms. The number of hydrogen-bond acceptors (Lipinski definition) is 4. The second kappa shape index (κ2) is 12.4. The molecule has 4 nitrogen and oxygen atoms in total. The first-order valence-corrected chi connectivity index (χ1v) is 12.3. The maximum Gasteiger partial charge on any atom is 0.244 e. The van der Waals surface area contributed by atoms with Gasteiger partial charge in [-0.15, -0.1) is 11.8 Å². The van der Waals surface area contributed by atoms with E-state index in [1.807, 2.05) is 63.2 Å². The number of nitrogens with one attached hydrogen (secondary N) is 1. The van der Waals surface area contributed by atoms with Crippen LogP contribution in [0.4, 0.5) is 0 Å². The summed E-state index contributed by atoms with van der Waals surface area (Å²) in [5.41, 5.74) is 5.63. The lowest BCUT2D eigenvalue weighted by atomic mass is 10.1. The number of rotatable bonds is 10. The molecule has 3 aromatic rings. The Bertz CT molecular complexity index is 1060. The standard InChI is InChI=1S/C29H33NO3S/c1-29(2,3)33-30-28(31)21-27(20-24-8-6-5-7-9-24)34-26-18-14-23(15-19-26)11-10-22-12-16-25(32-4)17-13-22/h5-19,27H,20-21H2,1-4H3,(H,30,31).